The van der Waals surface area contributed by atoms with E-state index in [1.807, 2.05) is 31.2 Å². The number of benzene rings is 1. The molecule has 0 bridgehead atoms. The van der Waals surface area contributed by atoms with Gasteiger partial charge in [-0.25, -0.2) is 4.98 Å². The molecule has 0 saturated carbocycles. The second kappa shape index (κ2) is 7.26. The standard InChI is InChI=1S/C17H18N2O3/c1-12-5-4-6-16(18-12)19-17(20)8-7-13-9-14(21-2)11-15(10-13)22-3/h4-11H,1-3H3,(H,18,19,20). The normalized spacial score (nSPS) is 10.5. The molecule has 1 N–H and O–H groups in total. The van der Waals surface area contributed by atoms with Crippen LogP contribution >= 0.6 is 0 Å². The van der Waals surface area contributed by atoms with Crippen LogP contribution in [-0.4, -0.2) is 25.1 Å². The molecular weight excluding hydrogens is 280 g/mol. The molecule has 1 aromatic carbocycles. The van der Waals surface area contributed by atoms with E-state index in [1.54, 1.807) is 32.4 Å². The predicted octanol–water partition coefficient (Wildman–Crippen LogP) is 3.06. The first-order chi connectivity index (χ1) is 10.6. The van der Waals surface area contributed by atoms with E-state index in [0.29, 0.717) is 17.3 Å². The summed E-state index contributed by atoms with van der Waals surface area (Å²) in [6.45, 7) is 1.87. The highest BCUT2D eigenvalue weighted by atomic mass is 16.5. The van der Waals surface area contributed by atoms with Gasteiger partial charge in [0, 0.05) is 17.8 Å². The molecule has 0 fully saturated rings. The molecule has 0 aliphatic carbocycles. The molecule has 0 atom stereocenters. The molecule has 0 spiro atoms. The largest absolute Gasteiger partial charge is 0.497 e. The number of carbonyl (C=O) groups is 1. The molecule has 114 valence electrons. The summed E-state index contributed by atoms with van der Waals surface area (Å²) in [6.07, 6.45) is 3.13. The van der Waals surface area contributed by atoms with Gasteiger partial charge in [0.15, 0.2) is 0 Å². The van der Waals surface area contributed by atoms with Crippen LogP contribution in [0.1, 0.15) is 11.3 Å². The van der Waals surface area contributed by atoms with Gasteiger partial charge in [-0.05, 0) is 42.8 Å². The minimum atomic E-state index is -0.250. The zero-order valence-electron chi connectivity index (χ0n) is 12.8. The fourth-order valence-corrected chi connectivity index (χ4v) is 1.88. The number of anilines is 1. The monoisotopic (exact) mass is 298 g/mol. The topological polar surface area (TPSA) is 60.5 Å². The van der Waals surface area contributed by atoms with Gasteiger partial charge in [0.05, 0.1) is 14.2 Å². The Morgan fingerprint density at radius 2 is 1.82 bits per heavy atom. The van der Waals surface area contributed by atoms with Crippen molar-refractivity contribution in [3.05, 3.63) is 53.7 Å². The molecule has 1 amide bonds. The number of methoxy groups -OCH3 is 2. The van der Waals surface area contributed by atoms with Gasteiger partial charge in [-0.2, -0.15) is 0 Å². The van der Waals surface area contributed by atoms with Crippen LogP contribution in [0.4, 0.5) is 5.82 Å². The third kappa shape index (κ3) is 4.34. The molecule has 2 rings (SSSR count). The summed E-state index contributed by atoms with van der Waals surface area (Å²) in [4.78, 5) is 16.1. The van der Waals surface area contributed by atoms with E-state index in [0.717, 1.165) is 11.3 Å². The van der Waals surface area contributed by atoms with Gasteiger partial charge in [-0.3, -0.25) is 4.79 Å². The highest BCUT2D eigenvalue weighted by molar-refractivity contribution is 6.01. The number of pyridine rings is 1. The Morgan fingerprint density at radius 3 is 2.41 bits per heavy atom. The Balaban J connectivity index is 2.09. The lowest BCUT2D eigenvalue weighted by molar-refractivity contribution is -0.111. The molecule has 0 saturated heterocycles. The number of carbonyl (C=O) groups excluding carboxylic acids is 1. The molecule has 0 aliphatic heterocycles. The number of ether oxygens (including phenoxy) is 2. The number of rotatable bonds is 5. The summed E-state index contributed by atoms with van der Waals surface area (Å²) in [5.41, 5.74) is 1.66. The first kappa shape index (κ1) is 15.6. The lowest BCUT2D eigenvalue weighted by Crippen LogP contribution is -2.09. The third-order valence-corrected chi connectivity index (χ3v) is 2.94. The maximum Gasteiger partial charge on any atom is 0.249 e. The van der Waals surface area contributed by atoms with E-state index in [2.05, 4.69) is 10.3 Å². The quantitative estimate of drug-likeness (QED) is 0.862. The average Bonchev–Trinajstić information content (AvgIpc) is 2.52. The Kier molecular flexibility index (Phi) is 5.14. The summed E-state index contributed by atoms with van der Waals surface area (Å²) >= 11 is 0. The molecule has 0 unspecified atom stereocenters. The zero-order chi connectivity index (χ0) is 15.9. The summed E-state index contributed by atoms with van der Waals surface area (Å²) in [5, 5.41) is 2.71. The molecule has 1 aromatic heterocycles. The minimum Gasteiger partial charge on any atom is -0.497 e. The number of hydrogen-bond acceptors (Lipinski definition) is 4. The molecule has 5 heteroatoms. The van der Waals surface area contributed by atoms with Crippen LogP contribution < -0.4 is 14.8 Å². The number of nitrogens with zero attached hydrogens (tertiary/aromatic N) is 1. The Hall–Kier alpha value is -2.82. The van der Waals surface area contributed by atoms with Crippen LogP contribution in [-0.2, 0) is 4.79 Å². The SMILES string of the molecule is COc1cc(C=CC(=O)Nc2cccc(C)n2)cc(OC)c1. The maximum absolute atomic E-state index is 11.9. The first-order valence-corrected chi connectivity index (χ1v) is 6.76. The van der Waals surface area contributed by atoms with Crippen molar-refractivity contribution >= 4 is 17.8 Å². The Morgan fingerprint density at radius 1 is 1.14 bits per heavy atom. The number of aromatic nitrogens is 1. The summed E-state index contributed by atoms with van der Waals surface area (Å²) in [7, 11) is 3.16. The molecule has 5 nitrogen and oxygen atoms in total. The third-order valence-electron chi connectivity index (χ3n) is 2.94. The number of aryl methyl sites for hydroxylation is 1. The molecule has 1 heterocycles. The summed E-state index contributed by atoms with van der Waals surface area (Å²) in [6, 6.07) is 10.9. The van der Waals surface area contributed by atoms with E-state index in [9.17, 15) is 4.79 Å². The van der Waals surface area contributed by atoms with Gasteiger partial charge in [-0.1, -0.05) is 6.07 Å². The van der Waals surface area contributed by atoms with Crippen LogP contribution in [0, 0.1) is 6.92 Å². The Bertz CT molecular complexity index is 674. The van der Waals surface area contributed by atoms with Crippen LogP contribution in [0.3, 0.4) is 0 Å². The van der Waals surface area contributed by atoms with Gasteiger partial charge in [0.25, 0.3) is 0 Å². The summed E-state index contributed by atoms with van der Waals surface area (Å²) in [5.74, 6) is 1.61. The van der Waals surface area contributed by atoms with E-state index >= 15 is 0 Å². The smallest absolute Gasteiger partial charge is 0.249 e. The first-order valence-electron chi connectivity index (χ1n) is 6.76. The number of nitrogens with one attached hydrogen (secondary N) is 1. The van der Waals surface area contributed by atoms with Crippen molar-refractivity contribution in [1.82, 2.24) is 4.98 Å². The van der Waals surface area contributed by atoms with Crippen molar-refractivity contribution in [2.24, 2.45) is 0 Å². The molecule has 22 heavy (non-hydrogen) atoms. The predicted molar refractivity (Wildman–Crippen MR) is 86.2 cm³/mol. The van der Waals surface area contributed by atoms with Crippen molar-refractivity contribution < 1.29 is 14.3 Å². The molecule has 0 aliphatic rings. The van der Waals surface area contributed by atoms with E-state index < -0.39 is 0 Å². The fourth-order valence-electron chi connectivity index (χ4n) is 1.88. The van der Waals surface area contributed by atoms with Crippen molar-refractivity contribution in [3.63, 3.8) is 0 Å². The van der Waals surface area contributed by atoms with Gasteiger partial charge in [-0.15, -0.1) is 0 Å². The minimum absolute atomic E-state index is 0.250. The van der Waals surface area contributed by atoms with Crippen LogP contribution in [0.15, 0.2) is 42.5 Å². The van der Waals surface area contributed by atoms with Crippen molar-refractivity contribution in [2.75, 3.05) is 19.5 Å². The van der Waals surface area contributed by atoms with Crippen molar-refractivity contribution in [1.29, 1.82) is 0 Å². The van der Waals surface area contributed by atoms with E-state index in [1.165, 1.54) is 6.08 Å². The van der Waals surface area contributed by atoms with Crippen molar-refractivity contribution in [2.45, 2.75) is 6.92 Å². The lowest BCUT2D eigenvalue weighted by Gasteiger charge is -2.06. The van der Waals surface area contributed by atoms with Gasteiger partial charge in [0.1, 0.15) is 17.3 Å². The highest BCUT2D eigenvalue weighted by Crippen LogP contribution is 2.23. The van der Waals surface area contributed by atoms with Crippen LogP contribution in [0.5, 0.6) is 11.5 Å². The van der Waals surface area contributed by atoms with Gasteiger partial charge in [0.2, 0.25) is 5.91 Å². The Labute approximate surface area is 129 Å². The number of amides is 1. The highest BCUT2D eigenvalue weighted by Gasteiger charge is 2.02. The van der Waals surface area contributed by atoms with E-state index in [4.69, 9.17) is 9.47 Å². The van der Waals surface area contributed by atoms with Crippen LogP contribution in [0.25, 0.3) is 6.08 Å². The average molecular weight is 298 g/mol. The van der Waals surface area contributed by atoms with Gasteiger partial charge >= 0.3 is 0 Å². The molecule has 2 aromatic rings. The fraction of sp³-hybridized carbons (Fsp3) is 0.176. The summed E-state index contributed by atoms with van der Waals surface area (Å²) < 4.78 is 10.4. The van der Waals surface area contributed by atoms with Crippen LogP contribution in [0.2, 0.25) is 0 Å². The second-order valence-electron chi connectivity index (χ2n) is 4.63. The molecular formula is C17H18N2O3. The lowest BCUT2D eigenvalue weighted by atomic mass is 10.2. The van der Waals surface area contributed by atoms with E-state index in [-0.39, 0.29) is 5.91 Å². The zero-order valence-corrected chi connectivity index (χ0v) is 12.8. The van der Waals surface area contributed by atoms with Gasteiger partial charge < -0.3 is 14.8 Å². The maximum atomic E-state index is 11.9. The second-order valence-corrected chi connectivity index (χ2v) is 4.63. The van der Waals surface area contributed by atoms with Crippen molar-refractivity contribution in [3.8, 4) is 11.5 Å². The number of hydrogen-bond donors (Lipinski definition) is 1. The molecule has 0 radical (unpaired) electrons.